The van der Waals surface area contributed by atoms with Crippen molar-refractivity contribution in [2.24, 2.45) is 0 Å². The first kappa shape index (κ1) is 10.1. The second-order valence-corrected chi connectivity index (χ2v) is 4.60. The molecule has 0 spiro atoms. The monoisotopic (exact) mass is 196 g/mol. The van der Waals surface area contributed by atoms with Crippen molar-refractivity contribution in [1.82, 2.24) is 0 Å². The molecule has 0 bridgehead atoms. The summed E-state index contributed by atoms with van der Waals surface area (Å²) in [6.07, 6.45) is 4.79. The van der Waals surface area contributed by atoms with Crippen molar-refractivity contribution >= 4 is 16.9 Å². The molecule has 1 aliphatic heterocycles. The molecule has 2 nitrogen and oxygen atoms in total. The van der Waals surface area contributed by atoms with Crippen molar-refractivity contribution in [1.29, 1.82) is 0 Å². The summed E-state index contributed by atoms with van der Waals surface area (Å²) in [7, 11) is 0. The first-order valence-corrected chi connectivity index (χ1v) is 4.75. The average Bonchev–Trinajstić information content (AvgIpc) is 2.25. The number of carbonyl (C=O) groups is 1. The van der Waals surface area contributed by atoms with Crippen LogP contribution in [0.5, 0.6) is 0 Å². The highest BCUT2D eigenvalue weighted by Crippen LogP contribution is 2.40. The quantitative estimate of drug-likeness (QED) is 0.690. The Kier molecular flexibility index (Phi) is 2.66. The molecule has 0 aromatic heterocycles. The summed E-state index contributed by atoms with van der Waals surface area (Å²) >= 11 is 1.11. The molecule has 3 heteroatoms. The topological polar surface area (TPSA) is 37.3 Å². The number of aliphatic hydroxyl groups is 1. The van der Waals surface area contributed by atoms with Crippen LogP contribution in [0.15, 0.2) is 36.1 Å². The zero-order chi connectivity index (χ0) is 10.1. The number of hydrogen-bond donors (Lipinski definition) is 1. The Balaban J connectivity index is 2.98. The van der Waals surface area contributed by atoms with Crippen LogP contribution >= 0.6 is 11.8 Å². The summed E-state index contributed by atoms with van der Waals surface area (Å²) in [6, 6.07) is 0. The van der Waals surface area contributed by atoms with E-state index in [0.717, 1.165) is 17.3 Å². The van der Waals surface area contributed by atoms with E-state index in [1.165, 1.54) is 6.08 Å². The fourth-order valence-electron chi connectivity index (χ4n) is 1.14. The summed E-state index contributed by atoms with van der Waals surface area (Å²) < 4.78 is -0.602. The minimum Gasteiger partial charge on any atom is -0.510 e. The lowest BCUT2D eigenvalue weighted by atomic mass is 10.1. The van der Waals surface area contributed by atoms with Gasteiger partial charge in [-0.1, -0.05) is 36.1 Å². The number of hydrogen-bond acceptors (Lipinski definition) is 3. The zero-order valence-electron chi connectivity index (χ0n) is 7.70. The molecule has 1 N–H and O–H groups in total. The lowest BCUT2D eigenvalue weighted by molar-refractivity contribution is -0.106. The minimum absolute atomic E-state index is 0.104. The van der Waals surface area contributed by atoms with Crippen LogP contribution in [0.3, 0.4) is 0 Å². The van der Waals surface area contributed by atoms with Crippen LogP contribution in [-0.2, 0) is 4.79 Å². The highest BCUT2D eigenvalue weighted by atomic mass is 32.2. The fourth-order valence-corrected chi connectivity index (χ4v) is 2.14. The van der Waals surface area contributed by atoms with Crippen LogP contribution in [0.25, 0.3) is 0 Å². The van der Waals surface area contributed by atoms with Gasteiger partial charge in [0.15, 0.2) is 0 Å². The number of rotatable bonds is 2. The molecule has 0 saturated carbocycles. The molecule has 0 unspecified atom stereocenters. The van der Waals surface area contributed by atoms with Gasteiger partial charge in [0.25, 0.3) is 0 Å². The van der Waals surface area contributed by atoms with Gasteiger partial charge in [-0.3, -0.25) is 4.79 Å². The number of carbonyl (C=O) groups excluding carboxylic acids is 1. The Morgan fingerprint density at radius 1 is 1.77 bits per heavy atom. The van der Waals surface area contributed by atoms with E-state index in [9.17, 15) is 9.90 Å². The van der Waals surface area contributed by atoms with Gasteiger partial charge in [-0.25, -0.2) is 0 Å². The normalized spacial score (nSPS) is 28.9. The lowest BCUT2D eigenvalue weighted by Gasteiger charge is -2.18. The van der Waals surface area contributed by atoms with E-state index in [-0.39, 0.29) is 10.9 Å². The van der Waals surface area contributed by atoms with Gasteiger partial charge in [-0.2, -0.15) is 0 Å². The second kappa shape index (κ2) is 3.42. The van der Waals surface area contributed by atoms with E-state index in [4.69, 9.17) is 0 Å². The second-order valence-electron chi connectivity index (χ2n) is 3.15. The van der Waals surface area contributed by atoms with Gasteiger partial charge in [-0.05, 0) is 13.8 Å². The van der Waals surface area contributed by atoms with Gasteiger partial charge < -0.3 is 5.11 Å². The molecular weight excluding hydrogens is 184 g/mol. The van der Waals surface area contributed by atoms with Crippen molar-refractivity contribution in [3.8, 4) is 0 Å². The fraction of sp³-hybridized carbons (Fsp3) is 0.300. The summed E-state index contributed by atoms with van der Waals surface area (Å²) in [6.45, 7) is 7.31. The largest absolute Gasteiger partial charge is 0.510 e. The van der Waals surface area contributed by atoms with Gasteiger partial charge in [0.2, 0.25) is 5.12 Å². The SMILES string of the molecule is C=C/C(C)=C/[C@]1(C)SC(=O)C=C1O. The van der Waals surface area contributed by atoms with Crippen molar-refractivity contribution < 1.29 is 9.90 Å². The molecule has 0 radical (unpaired) electrons. The summed E-state index contributed by atoms with van der Waals surface area (Å²) in [5.74, 6) is 0.115. The highest BCUT2D eigenvalue weighted by Gasteiger charge is 2.36. The average molecular weight is 196 g/mol. The van der Waals surface area contributed by atoms with Crippen LogP contribution in [0.2, 0.25) is 0 Å². The first-order valence-electron chi connectivity index (χ1n) is 3.94. The zero-order valence-corrected chi connectivity index (χ0v) is 8.52. The van der Waals surface area contributed by atoms with Gasteiger partial charge in [0, 0.05) is 6.08 Å². The van der Waals surface area contributed by atoms with E-state index < -0.39 is 4.75 Å². The Bertz CT molecular complexity index is 315. The van der Waals surface area contributed by atoms with Gasteiger partial charge >= 0.3 is 0 Å². The molecule has 1 atom stereocenters. The van der Waals surface area contributed by atoms with Gasteiger partial charge in [-0.15, -0.1) is 0 Å². The number of aliphatic hydroxyl groups excluding tert-OH is 1. The predicted octanol–water partition coefficient (Wildman–Crippen LogP) is 2.59. The summed E-state index contributed by atoms with van der Waals surface area (Å²) in [4.78, 5) is 11.0. The molecule has 0 saturated heterocycles. The van der Waals surface area contributed by atoms with E-state index in [0.29, 0.717) is 0 Å². The Morgan fingerprint density at radius 2 is 2.38 bits per heavy atom. The molecule has 1 rings (SSSR count). The molecule has 1 aliphatic rings. The molecule has 0 aromatic rings. The van der Waals surface area contributed by atoms with Crippen LogP contribution < -0.4 is 0 Å². The maximum atomic E-state index is 11.0. The first-order chi connectivity index (χ1) is 5.98. The maximum Gasteiger partial charge on any atom is 0.216 e. The van der Waals surface area contributed by atoms with Crippen molar-refractivity contribution in [2.75, 3.05) is 0 Å². The third-order valence-corrected chi connectivity index (χ3v) is 2.97. The Labute approximate surface area is 82.0 Å². The minimum atomic E-state index is -0.602. The molecule has 70 valence electrons. The Morgan fingerprint density at radius 3 is 2.77 bits per heavy atom. The van der Waals surface area contributed by atoms with Gasteiger partial charge in [0.05, 0.1) is 4.75 Å². The molecular formula is C10H12O2S. The number of allylic oxidation sites excluding steroid dienone is 2. The highest BCUT2D eigenvalue weighted by molar-refractivity contribution is 8.15. The third-order valence-electron chi connectivity index (χ3n) is 1.90. The van der Waals surface area contributed by atoms with Crippen LogP contribution in [0, 0.1) is 0 Å². The molecule has 0 aromatic carbocycles. The summed E-state index contributed by atoms with van der Waals surface area (Å²) in [5.41, 5.74) is 0.949. The maximum absolute atomic E-state index is 11.0. The predicted molar refractivity (Wildman–Crippen MR) is 55.7 cm³/mol. The standard InChI is InChI=1S/C10H12O2S/c1-4-7(2)6-10(3)8(11)5-9(12)13-10/h4-6,11H,1H2,2-3H3/b7-6+/t10-/m0/s1. The van der Waals surface area contributed by atoms with Crippen LogP contribution in [0.1, 0.15) is 13.8 Å². The molecule has 0 aliphatic carbocycles. The van der Waals surface area contributed by atoms with Crippen molar-refractivity contribution in [2.45, 2.75) is 18.6 Å². The van der Waals surface area contributed by atoms with Crippen LogP contribution in [-0.4, -0.2) is 15.0 Å². The molecule has 13 heavy (non-hydrogen) atoms. The lowest BCUT2D eigenvalue weighted by Crippen LogP contribution is -2.17. The molecule has 0 fully saturated rings. The van der Waals surface area contributed by atoms with E-state index in [1.807, 2.05) is 13.0 Å². The molecule has 0 amide bonds. The third kappa shape index (κ3) is 2.04. The Hall–Kier alpha value is -0.960. The molecule has 1 heterocycles. The van der Waals surface area contributed by atoms with Crippen molar-refractivity contribution in [3.63, 3.8) is 0 Å². The number of thioether (sulfide) groups is 1. The van der Waals surface area contributed by atoms with Crippen LogP contribution in [0.4, 0.5) is 0 Å². The van der Waals surface area contributed by atoms with E-state index >= 15 is 0 Å². The van der Waals surface area contributed by atoms with E-state index in [1.54, 1.807) is 13.0 Å². The smallest absolute Gasteiger partial charge is 0.216 e. The van der Waals surface area contributed by atoms with E-state index in [2.05, 4.69) is 6.58 Å². The van der Waals surface area contributed by atoms with Gasteiger partial charge in [0.1, 0.15) is 5.76 Å². The summed E-state index contributed by atoms with van der Waals surface area (Å²) in [5, 5.41) is 9.40. The van der Waals surface area contributed by atoms with Crippen molar-refractivity contribution in [3.05, 3.63) is 36.1 Å².